The number of nitrogens with two attached hydrogens (primary N) is 1. The Morgan fingerprint density at radius 1 is 1.30 bits per heavy atom. The van der Waals surface area contributed by atoms with Crippen LogP contribution in [0.15, 0.2) is 18.2 Å². The Morgan fingerprint density at radius 3 is 2.55 bits per heavy atom. The number of carbonyl (C=O) groups excluding carboxylic acids is 2. The van der Waals surface area contributed by atoms with Crippen LogP contribution in [0, 0.1) is 12.8 Å². The molecule has 1 rings (SSSR count). The highest BCUT2D eigenvalue weighted by Gasteiger charge is 2.16. The molecule has 0 heterocycles. The summed E-state index contributed by atoms with van der Waals surface area (Å²) in [4.78, 5) is 23.8. The van der Waals surface area contributed by atoms with E-state index in [-0.39, 0.29) is 17.7 Å². The molecule has 0 saturated heterocycles. The van der Waals surface area contributed by atoms with Crippen LogP contribution in [0.1, 0.15) is 36.2 Å². The van der Waals surface area contributed by atoms with E-state index in [0.29, 0.717) is 30.8 Å². The molecule has 5 heteroatoms. The van der Waals surface area contributed by atoms with Crippen LogP contribution >= 0.6 is 0 Å². The molecule has 2 amide bonds. The Bertz CT molecular complexity index is 482. The van der Waals surface area contributed by atoms with Gasteiger partial charge in [0.05, 0.1) is 5.92 Å². The maximum Gasteiger partial charge on any atom is 0.251 e. The minimum absolute atomic E-state index is 0.105. The molecule has 0 bridgehead atoms. The highest BCUT2D eigenvalue weighted by molar-refractivity contribution is 5.98. The third-order valence-electron chi connectivity index (χ3n) is 3.24. The molecule has 1 aromatic carbocycles. The van der Waals surface area contributed by atoms with Gasteiger partial charge in [0.1, 0.15) is 0 Å². The van der Waals surface area contributed by atoms with Crippen LogP contribution < -0.4 is 16.4 Å². The fourth-order valence-corrected chi connectivity index (χ4v) is 1.85. The van der Waals surface area contributed by atoms with Crippen molar-refractivity contribution < 1.29 is 9.59 Å². The van der Waals surface area contributed by atoms with E-state index < -0.39 is 0 Å². The second-order valence-corrected chi connectivity index (χ2v) is 4.72. The topological polar surface area (TPSA) is 84.2 Å². The summed E-state index contributed by atoms with van der Waals surface area (Å²) in [5.41, 5.74) is 7.68. The maximum absolute atomic E-state index is 12.0. The Kier molecular flexibility index (Phi) is 6.18. The number of amides is 2. The lowest BCUT2D eigenvalue weighted by Gasteiger charge is -2.15. The van der Waals surface area contributed by atoms with E-state index in [1.54, 1.807) is 12.1 Å². The van der Waals surface area contributed by atoms with Crippen molar-refractivity contribution in [2.75, 3.05) is 18.4 Å². The largest absolute Gasteiger partial charge is 0.352 e. The number of hydrogen-bond acceptors (Lipinski definition) is 3. The van der Waals surface area contributed by atoms with E-state index >= 15 is 0 Å². The molecule has 5 nitrogen and oxygen atoms in total. The molecule has 0 spiro atoms. The van der Waals surface area contributed by atoms with Gasteiger partial charge in [-0.25, -0.2) is 0 Å². The lowest BCUT2D eigenvalue weighted by molar-refractivity contribution is -0.119. The van der Waals surface area contributed by atoms with Crippen LogP contribution in [0.4, 0.5) is 5.69 Å². The van der Waals surface area contributed by atoms with Gasteiger partial charge in [0.2, 0.25) is 5.91 Å². The van der Waals surface area contributed by atoms with E-state index in [9.17, 15) is 9.59 Å². The smallest absolute Gasteiger partial charge is 0.251 e. The number of hydrogen-bond donors (Lipinski definition) is 3. The maximum atomic E-state index is 12.0. The number of benzene rings is 1. The zero-order valence-corrected chi connectivity index (χ0v) is 12.3. The molecule has 110 valence electrons. The molecule has 0 aliphatic rings. The zero-order valence-electron chi connectivity index (χ0n) is 12.3. The van der Waals surface area contributed by atoms with E-state index in [4.69, 9.17) is 5.73 Å². The first-order valence-electron chi connectivity index (χ1n) is 6.93. The van der Waals surface area contributed by atoms with E-state index in [1.165, 1.54) is 0 Å². The summed E-state index contributed by atoms with van der Waals surface area (Å²) in [5.74, 6) is -0.456. The molecule has 1 atom stereocenters. The van der Waals surface area contributed by atoms with Gasteiger partial charge in [0.15, 0.2) is 0 Å². The second-order valence-electron chi connectivity index (χ2n) is 4.72. The van der Waals surface area contributed by atoms with Gasteiger partial charge in [0.25, 0.3) is 5.91 Å². The number of aryl methyl sites for hydroxylation is 1. The van der Waals surface area contributed by atoms with Gasteiger partial charge in [-0.3, -0.25) is 9.59 Å². The van der Waals surface area contributed by atoms with Crippen molar-refractivity contribution in [1.82, 2.24) is 5.32 Å². The van der Waals surface area contributed by atoms with Crippen molar-refractivity contribution in [1.29, 1.82) is 0 Å². The predicted molar refractivity (Wildman–Crippen MR) is 80.7 cm³/mol. The van der Waals surface area contributed by atoms with Gasteiger partial charge in [-0.15, -0.1) is 0 Å². The van der Waals surface area contributed by atoms with Gasteiger partial charge in [-0.2, -0.15) is 0 Å². The van der Waals surface area contributed by atoms with Crippen molar-refractivity contribution >= 4 is 17.5 Å². The molecule has 0 fully saturated rings. The molecule has 0 radical (unpaired) electrons. The third-order valence-corrected chi connectivity index (χ3v) is 3.24. The van der Waals surface area contributed by atoms with E-state index in [1.807, 2.05) is 26.8 Å². The van der Waals surface area contributed by atoms with Crippen molar-refractivity contribution in [3.8, 4) is 0 Å². The summed E-state index contributed by atoms with van der Waals surface area (Å²) in [6, 6.07) is 5.27. The minimum atomic E-state index is -0.206. The number of rotatable bonds is 6. The van der Waals surface area contributed by atoms with Crippen LogP contribution in [0.2, 0.25) is 0 Å². The van der Waals surface area contributed by atoms with E-state index in [0.717, 1.165) is 5.56 Å². The van der Waals surface area contributed by atoms with Gasteiger partial charge < -0.3 is 16.4 Å². The first-order chi connectivity index (χ1) is 9.53. The van der Waals surface area contributed by atoms with Crippen LogP contribution in [-0.2, 0) is 4.79 Å². The highest BCUT2D eigenvalue weighted by Crippen LogP contribution is 2.18. The molecule has 0 aromatic heterocycles. The summed E-state index contributed by atoms with van der Waals surface area (Å²) >= 11 is 0. The molecule has 1 aromatic rings. The van der Waals surface area contributed by atoms with Gasteiger partial charge in [-0.1, -0.05) is 13.0 Å². The minimum Gasteiger partial charge on any atom is -0.352 e. The third kappa shape index (κ3) is 4.06. The highest BCUT2D eigenvalue weighted by atomic mass is 16.2. The number of carbonyl (C=O) groups is 2. The normalized spacial score (nSPS) is 11.8. The summed E-state index contributed by atoms with van der Waals surface area (Å²) in [7, 11) is 0. The Labute approximate surface area is 119 Å². The fourth-order valence-electron chi connectivity index (χ4n) is 1.85. The van der Waals surface area contributed by atoms with Gasteiger partial charge >= 0.3 is 0 Å². The number of nitrogens with one attached hydrogen (secondary N) is 2. The molecule has 1 unspecified atom stereocenters. The Balaban J connectivity index is 2.92. The molecule has 0 aliphatic carbocycles. The average molecular weight is 277 g/mol. The van der Waals surface area contributed by atoms with Crippen molar-refractivity contribution in [2.24, 2.45) is 11.7 Å². The van der Waals surface area contributed by atoms with Crippen LogP contribution in [0.25, 0.3) is 0 Å². The monoisotopic (exact) mass is 277 g/mol. The van der Waals surface area contributed by atoms with Crippen molar-refractivity contribution in [3.05, 3.63) is 29.3 Å². The molecular formula is C15H23N3O2. The van der Waals surface area contributed by atoms with Crippen molar-refractivity contribution in [3.63, 3.8) is 0 Å². The summed E-state index contributed by atoms with van der Waals surface area (Å²) in [6.07, 6.45) is 0.692. The summed E-state index contributed by atoms with van der Waals surface area (Å²) in [5, 5.41) is 5.59. The van der Waals surface area contributed by atoms with Crippen LogP contribution in [-0.4, -0.2) is 24.9 Å². The van der Waals surface area contributed by atoms with Gasteiger partial charge in [0, 0.05) is 24.3 Å². The average Bonchev–Trinajstić information content (AvgIpc) is 2.42. The number of anilines is 1. The second kappa shape index (κ2) is 7.65. The van der Waals surface area contributed by atoms with Gasteiger partial charge in [-0.05, 0) is 38.0 Å². The zero-order chi connectivity index (χ0) is 15.1. The van der Waals surface area contributed by atoms with Crippen LogP contribution in [0.5, 0.6) is 0 Å². The molecular weight excluding hydrogens is 254 g/mol. The Hall–Kier alpha value is -1.88. The lowest BCUT2D eigenvalue weighted by Crippen LogP contribution is -2.29. The standard InChI is InChI=1S/C15H23N3O2/c1-4-11(9-16)15(20)18-13-8-12(7-6-10(13)3)14(19)17-5-2/h6-8,11H,4-5,9,16H2,1-3H3,(H,17,19)(H,18,20). The van der Waals surface area contributed by atoms with Crippen molar-refractivity contribution in [2.45, 2.75) is 27.2 Å². The molecule has 20 heavy (non-hydrogen) atoms. The quantitative estimate of drug-likeness (QED) is 0.739. The lowest BCUT2D eigenvalue weighted by atomic mass is 10.0. The van der Waals surface area contributed by atoms with E-state index in [2.05, 4.69) is 10.6 Å². The van der Waals surface area contributed by atoms with Crippen LogP contribution in [0.3, 0.4) is 0 Å². The first-order valence-corrected chi connectivity index (χ1v) is 6.93. The Morgan fingerprint density at radius 2 is 2.00 bits per heavy atom. The molecule has 0 saturated carbocycles. The molecule has 0 aliphatic heterocycles. The SMILES string of the molecule is CCNC(=O)c1ccc(C)c(NC(=O)C(CC)CN)c1. The molecule has 4 N–H and O–H groups in total. The summed E-state index contributed by atoms with van der Waals surface area (Å²) < 4.78 is 0. The first kappa shape index (κ1) is 16.2. The fraction of sp³-hybridized carbons (Fsp3) is 0.467. The summed E-state index contributed by atoms with van der Waals surface area (Å²) in [6.45, 7) is 6.56. The predicted octanol–water partition coefficient (Wildman–Crippen LogP) is 1.67.